The Labute approximate surface area is 118 Å². The molecule has 1 saturated heterocycles. The van der Waals surface area contributed by atoms with Crippen LogP contribution in [0.5, 0.6) is 0 Å². The van der Waals surface area contributed by atoms with Crippen LogP contribution in [-0.2, 0) is 15.9 Å². The highest BCUT2D eigenvalue weighted by Gasteiger charge is 2.23. The Morgan fingerprint density at radius 2 is 1.90 bits per heavy atom. The Bertz CT molecular complexity index is 402. The highest BCUT2D eigenvalue weighted by Crippen LogP contribution is 2.18. The summed E-state index contributed by atoms with van der Waals surface area (Å²) in [6.45, 7) is 4.02. The van der Waals surface area contributed by atoms with Crippen LogP contribution in [0.2, 0.25) is 0 Å². The Hall–Kier alpha value is -1.04. The smallest absolute Gasteiger partial charge is 0.159 e. The summed E-state index contributed by atoms with van der Waals surface area (Å²) in [5, 5.41) is 3.31. The fourth-order valence-electron chi connectivity index (χ4n) is 2.34. The van der Waals surface area contributed by atoms with E-state index in [2.05, 4.69) is 12.2 Å². The van der Waals surface area contributed by atoms with Crippen LogP contribution < -0.4 is 5.32 Å². The molecule has 5 heteroatoms. The number of benzene rings is 1. The van der Waals surface area contributed by atoms with Gasteiger partial charge in [-0.05, 0) is 31.5 Å². The summed E-state index contributed by atoms with van der Waals surface area (Å²) >= 11 is 0. The molecular weight excluding hydrogens is 264 g/mol. The van der Waals surface area contributed by atoms with Gasteiger partial charge in [-0.25, -0.2) is 8.78 Å². The van der Waals surface area contributed by atoms with Gasteiger partial charge >= 0.3 is 0 Å². The van der Waals surface area contributed by atoms with Crippen molar-refractivity contribution in [2.24, 2.45) is 0 Å². The number of rotatable bonds is 7. The van der Waals surface area contributed by atoms with Gasteiger partial charge in [0.15, 0.2) is 6.29 Å². The van der Waals surface area contributed by atoms with Gasteiger partial charge in [0.05, 0.1) is 13.2 Å². The second-order valence-electron chi connectivity index (χ2n) is 4.96. The van der Waals surface area contributed by atoms with E-state index in [-0.39, 0.29) is 17.9 Å². The van der Waals surface area contributed by atoms with E-state index in [9.17, 15) is 8.78 Å². The first-order valence-electron chi connectivity index (χ1n) is 7.10. The molecule has 3 nitrogen and oxygen atoms in total. The lowest BCUT2D eigenvalue weighted by atomic mass is 10.0. The van der Waals surface area contributed by atoms with Crippen molar-refractivity contribution in [2.75, 3.05) is 19.8 Å². The van der Waals surface area contributed by atoms with Crippen LogP contribution in [0.15, 0.2) is 18.2 Å². The summed E-state index contributed by atoms with van der Waals surface area (Å²) in [6, 6.07) is 3.89. The van der Waals surface area contributed by atoms with Crippen LogP contribution in [0.4, 0.5) is 8.78 Å². The number of hydrogen-bond donors (Lipinski definition) is 1. The van der Waals surface area contributed by atoms with Gasteiger partial charge in [-0.2, -0.15) is 0 Å². The SMILES string of the molecule is CCCNC(Cc1c(F)cccc1F)CC1OCCO1. The van der Waals surface area contributed by atoms with E-state index in [4.69, 9.17) is 9.47 Å². The van der Waals surface area contributed by atoms with Gasteiger partial charge in [0.2, 0.25) is 0 Å². The van der Waals surface area contributed by atoms with Crippen LogP contribution in [0, 0.1) is 11.6 Å². The Balaban J connectivity index is 2.01. The first-order chi connectivity index (χ1) is 9.70. The molecule has 0 aliphatic carbocycles. The Kier molecular flexibility index (Phi) is 5.88. The summed E-state index contributed by atoms with van der Waals surface area (Å²) in [5.41, 5.74) is 0.124. The van der Waals surface area contributed by atoms with E-state index in [1.807, 2.05) is 0 Å². The van der Waals surface area contributed by atoms with Crippen LogP contribution in [0.25, 0.3) is 0 Å². The highest BCUT2D eigenvalue weighted by atomic mass is 19.1. The number of nitrogens with one attached hydrogen (secondary N) is 1. The third-order valence-corrected chi connectivity index (χ3v) is 3.36. The van der Waals surface area contributed by atoms with E-state index in [1.165, 1.54) is 18.2 Å². The quantitative estimate of drug-likeness (QED) is 0.835. The number of halogens is 2. The molecule has 1 unspecified atom stereocenters. The molecule has 0 radical (unpaired) electrons. The lowest BCUT2D eigenvalue weighted by molar-refractivity contribution is -0.0527. The third kappa shape index (κ3) is 4.23. The fraction of sp³-hybridized carbons (Fsp3) is 0.600. The van der Waals surface area contributed by atoms with E-state index in [0.717, 1.165) is 13.0 Å². The molecule has 0 amide bonds. The molecule has 2 rings (SSSR count). The van der Waals surface area contributed by atoms with E-state index in [0.29, 0.717) is 26.1 Å². The normalized spacial score (nSPS) is 17.6. The Morgan fingerprint density at radius 1 is 1.25 bits per heavy atom. The molecule has 112 valence electrons. The molecule has 0 spiro atoms. The summed E-state index contributed by atoms with van der Waals surface area (Å²) in [4.78, 5) is 0. The van der Waals surface area contributed by atoms with Crippen molar-refractivity contribution in [3.8, 4) is 0 Å². The van der Waals surface area contributed by atoms with Crippen molar-refractivity contribution >= 4 is 0 Å². The first-order valence-corrected chi connectivity index (χ1v) is 7.10. The zero-order valence-electron chi connectivity index (χ0n) is 11.7. The van der Waals surface area contributed by atoms with Crippen LogP contribution in [0.3, 0.4) is 0 Å². The van der Waals surface area contributed by atoms with Gasteiger partial charge in [-0.1, -0.05) is 13.0 Å². The highest BCUT2D eigenvalue weighted by molar-refractivity contribution is 5.20. The monoisotopic (exact) mass is 285 g/mol. The molecule has 20 heavy (non-hydrogen) atoms. The molecule has 1 heterocycles. The third-order valence-electron chi connectivity index (χ3n) is 3.36. The van der Waals surface area contributed by atoms with Crippen LogP contribution >= 0.6 is 0 Å². The lowest BCUT2D eigenvalue weighted by Gasteiger charge is -2.21. The summed E-state index contributed by atoms with van der Waals surface area (Å²) in [6.07, 6.45) is 1.57. The van der Waals surface area contributed by atoms with Crippen molar-refractivity contribution in [1.82, 2.24) is 5.32 Å². The van der Waals surface area contributed by atoms with Crippen LogP contribution in [-0.4, -0.2) is 32.1 Å². The van der Waals surface area contributed by atoms with Crippen LogP contribution in [0.1, 0.15) is 25.3 Å². The lowest BCUT2D eigenvalue weighted by Crippen LogP contribution is -2.36. The predicted molar refractivity (Wildman–Crippen MR) is 72.5 cm³/mol. The van der Waals surface area contributed by atoms with Gasteiger partial charge in [0, 0.05) is 18.0 Å². The fourth-order valence-corrected chi connectivity index (χ4v) is 2.34. The van der Waals surface area contributed by atoms with E-state index in [1.54, 1.807) is 0 Å². The molecule has 0 bridgehead atoms. The molecule has 1 fully saturated rings. The molecule has 1 aliphatic rings. The molecule has 0 saturated carbocycles. The average molecular weight is 285 g/mol. The minimum Gasteiger partial charge on any atom is -0.350 e. The number of ether oxygens (including phenoxy) is 2. The molecule has 0 aromatic heterocycles. The molecule has 1 aromatic carbocycles. The van der Waals surface area contributed by atoms with Crippen molar-refractivity contribution < 1.29 is 18.3 Å². The summed E-state index contributed by atoms with van der Waals surface area (Å²) in [7, 11) is 0. The van der Waals surface area contributed by atoms with Crippen molar-refractivity contribution in [2.45, 2.75) is 38.5 Å². The topological polar surface area (TPSA) is 30.5 Å². The molecule has 1 aromatic rings. The van der Waals surface area contributed by atoms with E-state index < -0.39 is 11.6 Å². The maximum absolute atomic E-state index is 13.7. The molecule has 1 aliphatic heterocycles. The second-order valence-corrected chi connectivity index (χ2v) is 4.96. The zero-order chi connectivity index (χ0) is 14.4. The minimum absolute atomic E-state index is 0.0653. The van der Waals surface area contributed by atoms with Gasteiger partial charge in [-0.15, -0.1) is 0 Å². The van der Waals surface area contributed by atoms with Gasteiger partial charge in [0.1, 0.15) is 11.6 Å². The molecule has 1 N–H and O–H groups in total. The molecule has 1 atom stereocenters. The summed E-state index contributed by atoms with van der Waals surface area (Å²) < 4.78 is 38.3. The standard InChI is InChI=1S/C15H21F2NO2/c1-2-6-18-11(10-15-19-7-8-20-15)9-12-13(16)4-3-5-14(12)17/h3-5,11,15,18H,2,6-10H2,1H3. The average Bonchev–Trinajstić information content (AvgIpc) is 2.93. The van der Waals surface area contributed by atoms with Crippen molar-refractivity contribution in [3.63, 3.8) is 0 Å². The maximum Gasteiger partial charge on any atom is 0.159 e. The van der Waals surface area contributed by atoms with Crippen molar-refractivity contribution in [1.29, 1.82) is 0 Å². The van der Waals surface area contributed by atoms with Gasteiger partial charge in [0.25, 0.3) is 0 Å². The Morgan fingerprint density at radius 3 is 2.50 bits per heavy atom. The first kappa shape index (κ1) is 15.4. The summed E-state index contributed by atoms with van der Waals surface area (Å²) in [5.74, 6) is -0.997. The minimum atomic E-state index is -0.499. The van der Waals surface area contributed by atoms with Gasteiger partial charge in [-0.3, -0.25) is 0 Å². The number of hydrogen-bond acceptors (Lipinski definition) is 3. The second kappa shape index (κ2) is 7.67. The maximum atomic E-state index is 13.7. The largest absolute Gasteiger partial charge is 0.350 e. The van der Waals surface area contributed by atoms with Gasteiger partial charge < -0.3 is 14.8 Å². The predicted octanol–water partition coefficient (Wildman–Crippen LogP) is 2.64. The zero-order valence-corrected chi connectivity index (χ0v) is 11.7. The van der Waals surface area contributed by atoms with E-state index >= 15 is 0 Å². The molecular formula is C15H21F2NO2. The van der Waals surface area contributed by atoms with Crippen molar-refractivity contribution in [3.05, 3.63) is 35.4 Å².